The van der Waals surface area contributed by atoms with Crippen LogP contribution >= 0.6 is 0 Å². The zero-order valence-electron chi connectivity index (χ0n) is 9.19. The van der Waals surface area contributed by atoms with Crippen LogP contribution in [0.1, 0.15) is 27.8 Å². The molecule has 0 atom stereocenters. The van der Waals surface area contributed by atoms with Gasteiger partial charge in [0.05, 0.1) is 12.2 Å². The summed E-state index contributed by atoms with van der Waals surface area (Å²) in [5, 5.41) is 10.0. The normalized spacial score (nSPS) is 10.4. The first-order valence-corrected chi connectivity index (χ1v) is 5.14. The Kier molecular flexibility index (Phi) is 2.82. The van der Waals surface area contributed by atoms with Crippen LogP contribution in [-0.2, 0) is 4.74 Å². The second-order valence-corrected chi connectivity index (χ2v) is 3.48. The number of fused-ring (bicyclic) bond motifs is 1. The number of phenols is 1. The first-order valence-electron chi connectivity index (χ1n) is 5.14. The van der Waals surface area contributed by atoms with Gasteiger partial charge < -0.3 is 14.8 Å². The van der Waals surface area contributed by atoms with E-state index in [9.17, 15) is 14.7 Å². The van der Waals surface area contributed by atoms with Crippen molar-refractivity contribution in [2.45, 2.75) is 6.92 Å². The second kappa shape index (κ2) is 4.29. The number of phenolic OH excluding ortho intramolecular Hbond substituents is 1. The van der Waals surface area contributed by atoms with E-state index in [-0.39, 0.29) is 23.6 Å². The lowest BCUT2D eigenvalue weighted by Crippen LogP contribution is -2.04. The summed E-state index contributed by atoms with van der Waals surface area (Å²) < 4.78 is 4.84. The Morgan fingerprint density at radius 3 is 2.94 bits per heavy atom. The summed E-state index contributed by atoms with van der Waals surface area (Å²) >= 11 is 0. The SMILES string of the molecule is CCOC(=O)c1cc2c(C=O)c(O)ccc2[nH]1. The molecule has 5 nitrogen and oxygen atoms in total. The molecule has 2 rings (SSSR count). The average molecular weight is 233 g/mol. The number of aromatic hydroxyl groups is 1. The summed E-state index contributed by atoms with van der Waals surface area (Å²) in [5.41, 5.74) is 1.03. The average Bonchev–Trinajstić information content (AvgIpc) is 2.73. The zero-order valence-corrected chi connectivity index (χ0v) is 9.19. The number of nitrogens with one attached hydrogen (secondary N) is 1. The number of ether oxygens (including phenoxy) is 1. The highest BCUT2D eigenvalue weighted by Gasteiger charge is 2.14. The van der Waals surface area contributed by atoms with Gasteiger partial charge in [0.15, 0.2) is 6.29 Å². The Balaban J connectivity index is 2.57. The molecule has 1 aromatic carbocycles. The van der Waals surface area contributed by atoms with E-state index < -0.39 is 5.97 Å². The molecule has 0 unspecified atom stereocenters. The molecule has 0 amide bonds. The van der Waals surface area contributed by atoms with E-state index in [2.05, 4.69) is 4.98 Å². The van der Waals surface area contributed by atoms with Gasteiger partial charge in [-0.1, -0.05) is 0 Å². The fourth-order valence-electron chi connectivity index (χ4n) is 1.66. The highest BCUT2D eigenvalue weighted by Crippen LogP contribution is 2.26. The molecule has 0 aliphatic rings. The molecular weight excluding hydrogens is 222 g/mol. The number of esters is 1. The number of aromatic amines is 1. The third-order valence-electron chi connectivity index (χ3n) is 2.44. The minimum absolute atomic E-state index is 0.109. The maximum absolute atomic E-state index is 11.5. The Bertz CT molecular complexity index is 585. The van der Waals surface area contributed by atoms with E-state index in [1.807, 2.05) is 0 Å². The van der Waals surface area contributed by atoms with Gasteiger partial charge in [-0.3, -0.25) is 4.79 Å². The lowest BCUT2D eigenvalue weighted by molar-refractivity contribution is 0.0520. The number of benzene rings is 1. The highest BCUT2D eigenvalue weighted by molar-refractivity contribution is 6.03. The second-order valence-electron chi connectivity index (χ2n) is 3.48. The first-order chi connectivity index (χ1) is 8.17. The van der Waals surface area contributed by atoms with Crippen LogP contribution in [0.4, 0.5) is 0 Å². The number of H-pyrrole nitrogens is 1. The van der Waals surface area contributed by atoms with Crippen molar-refractivity contribution in [2.75, 3.05) is 6.61 Å². The van der Waals surface area contributed by atoms with E-state index >= 15 is 0 Å². The molecule has 5 heteroatoms. The first kappa shape index (κ1) is 11.2. The lowest BCUT2D eigenvalue weighted by Gasteiger charge is -1.97. The van der Waals surface area contributed by atoms with Crippen molar-refractivity contribution in [1.82, 2.24) is 4.98 Å². The van der Waals surface area contributed by atoms with Crippen LogP contribution in [0, 0.1) is 0 Å². The molecule has 0 saturated carbocycles. The van der Waals surface area contributed by atoms with Gasteiger partial charge in [0.1, 0.15) is 11.4 Å². The molecule has 0 fully saturated rings. The Hall–Kier alpha value is -2.30. The number of hydrogen-bond acceptors (Lipinski definition) is 4. The molecule has 2 aromatic rings. The summed E-state index contributed by atoms with van der Waals surface area (Å²) in [6, 6.07) is 4.49. The van der Waals surface area contributed by atoms with E-state index in [4.69, 9.17) is 4.74 Å². The minimum Gasteiger partial charge on any atom is -0.507 e. The van der Waals surface area contributed by atoms with E-state index in [1.165, 1.54) is 12.1 Å². The Morgan fingerprint density at radius 2 is 2.29 bits per heavy atom. The molecule has 88 valence electrons. The van der Waals surface area contributed by atoms with Crippen LogP contribution in [0.5, 0.6) is 5.75 Å². The highest BCUT2D eigenvalue weighted by atomic mass is 16.5. The van der Waals surface area contributed by atoms with Crippen molar-refractivity contribution in [1.29, 1.82) is 0 Å². The van der Waals surface area contributed by atoms with Crippen LogP contribution in [-0.4, -0.2) is 29.0 Å². The summed E-state index contributed by atoms with van der Waals surface area (Å²) in [4.78, 5) is 25.2. The van der Waals surface area contributed by atoms with Gasteiger partial charge in [-0.2, -0.15) is 0 Å². The predicted molar refractivity (Wildman–Crippen MR) is 61.3 cm³/mol. The maximum atomic E-state index is 11.5. The van der Waals surface area contributed by atoms with Crippen molar-refractivity contribution in [2.24, 2.45) is 0 Å². The monoisotopic (exact) mass is 233 g/mol. The van der Waals surface area contributed by atoms with Crippen molar-refractivity contribution in [3.8, 4) is 5.75 Å². The van der Waals surface area contributed by atoms with Gasteiger partial charge in [0.2, 0.25) is 0 Å². The molecule has 1 aromatic heterocycles. The largest absolute Gasteiger partial charge is 0.507 e. The molecule has 0 aliphatic heterocycles. The number of hydrogen-bond donors (Lipinski definition) is 2. The summed E-state index contributed by atoms with van der Waals surface area (Å²) in [6.45, 7) is 1.99. The van der Waals surface area contributed by atoms with Crippen molar-refractivity contribution >= 4 is 23.2 Å². The van der Waals surface area contributed by atoms with Gasteiger partial charge in [0, 0.05) is 10.9 Å². The van der Waals surface area contributed by atoms with Crippen LogP contribution < -0.4 is 0 Å². The van der Waals surface area contributed by atoms with Gasteiger partial charge in [-0.05, 0) is 25.1 Å². The Labute approximate surface area is 97.0 Å². The molecular formula is C12H11NO4. The van der Waals surface area contributed by atoms with Crippen LogP contribution in [0.2, 0.25) is 0 Å². The fourth-order valence-corrected chi connectivity index (χ4v) is 1.66. The molecule has 0 radical (unpaired) electrons. The Morgan fingerprint density at radius 1 is 1.53 bits per heavy atom. The van der Waals surface area contributed by atoms with E-state index in [1.54, 1.807) is 13.0 Å². The number of carbonyl (C=O) groups is 2. The number of rotatable bonds is 3. The van der Waals surface area contributed by atoms with Crippen molar-refractivity contribution in [3.05, 3.63) is 29.5 Å². The van der Waals surface area contributed by atoms with Gasteiger partial charge in [0.25, 0.3) is 0 Å². The zero-order chi connectivity index (χ0) is 12.4. The van der Waals surface area contributed by atoms with Gasteiger partial charge in [-0.15, -0.1) is 0 Å². The minimum atomic E-state index is -0.486. The standard InChI is InChI=1S/C12H11NO4/c1-2-17-12(16)10-5-7-8(6-14)11(15)4-3-9(7)13-10/h3-6,13,15H,2H2,1H3. The lowest BCUT2D eigenvalue weighted by atomic mass is 10.1. The number of aromatic nitrogens is 1. The van der Waals surface area contributed by atoms with Crippen LogP contribution in [0.25, 0.3) is 10.9 Å². The third kappa shape index (κ3) is 1.87. The molecule has 17 heavy (non-hydrogen) atoms. The summed E-state index contributed by atoms with van der Waals surface area (Å²) in [7, 11) is 0. The van der Waals surface area contributed by atoms with E-state index in [0.717, 1.165) is 0 Å². The van der Waals surface area contributed by atoms with E-state index in [0.29, 0.717) is 17.2 Å². The summed E-state index contributed by atoms with van der Waals surface area (Å²) in [5.74, 6) is -0.595. The third-order valence-corrected chi connectivity index (χ3v) is 2.44. The predicted octanol–water partition coefficient (Wildman–Crippen LogP) is 1.86. The van der Waals surface area contributed by atoms with Gasteiger partial charge >= 0.3 is 5.97 Å². The van der Waals surface area contributed by atoms with Crippen LogP contribution in [0.3, 0.4) is 0 Å². The molecule has 0 aliphatic carbocycles. The van der Waals surface area contributed by atoms with Crippen LogP contribution in [0.15, 0.2) is 18.2 Å². The number of carbonyl (C=O) groups excluding carboxylic acids is 2. The summed E-state index contributed by atoms with van der Waals surface area (Å²) in [6.07, 6.45) is 0.556. The van der Waals surface area contributed by atoms with Gasteiger partial charge in [-0.25, -0.2) is 4.79 Å². The number of aldehydes is 1. The quantitative estimate of drug-likeness (QED) is 0.626. The van der Waals surface area contributed by atoms with Crippen molar-refractivity contribution in [3.63, 3.8) is 0 Å². The molecule has 0 spiro atoms. The molecule has 2 N–H and O–H groups in total. The topological polar surface area (TPSA) is 79.4 Å². The van der Waals surface area contributed by atoms with Crippen molar-refractivity contribution < 1.29 is 19.4 Å². The fraction of sp³-hybridized carbons (Fsp3) is 0.167. The maximum Gasteiger partial charge on any atom is 0.354 e. The molecule has 0 bridgehead atoms. The smallest absolute Gasteiger partial charge is 0.354 e. The molecule has 1 heterocycles. The molecule has 0 saturated heterocycles.